The van der Waals surface area contributed by atoms with E-state index in [2.05, 4.69) is 10.0 Å². The van der Waals surface area contributed by atoms with Gasteiger partial charge in [0.25, 0.3) is 0 Å². The molecule has 0 radical (unpaired) electrons. The quantitative estimate of drug-likeness (QED) is 0.380. The summed E-state index contributed by atoms with van der Waals surface area (Å²) in [5.41, 5.74) is 0.935. The number of hydrogen-bond acceptors (Lipinski definition) is 6. The van der Waals surface area contributed by atoms with Crippen molar-refractivity contribution in [2.75, 3.05) is 25.1 Å². The number of nitrogens with one attached hydrogen (secondary N) is 2. The highest BCUT2D eigenvalue weighted by Crippen LogP contribution is 2.21. The predicted molar refractivity (Wildman–Crippen MR) is 137 cm³/mol. The van der Waals surface area contributed by atoms with Crippen LogP contribution in [0.1, 0.15) is 45.1 Å². The molecule has 0 bridgehead atoms. The Balaban J connectivity index is 2.02. The molecule has 1 saturated heterocycles. The first kappa shape index (κ1) is 29.1. The van der Waals surface area contributed by atoms with Gasteiger partial charge in [-0.2, -0.15) is 16.5 Å². The Kier molecular flexibility index (Phi) is 11.0. The summed E-state index contributed by atoms with van der Waals surface area (Å²) in [6, 6.07) is 4.61. The minimum atomic E-state index is -3.87. The summed E-state index contributed by atoms with van der Waals surface area (Å²) in [6.45, 7) is 6.27. The number of carboxylic acids is 1. The number of carbonyl (C=O) groups is 3. The smallest absolute Gasteiger partial charge is 0.326 e. The number of sulfonamides is 1. The van der Waals surface area contributed by atoms with Gasteiger partial charge in [0.2, 0.25) is 21.8 Å². The van der Waals surface area contributed by atoms with Crippen molar-refractivity contribution < 1.29 is 27.9 Å². The topological polar surface area (TPSA) is 133 Å². The van der Waals surface area contributed by atoms with Crippen LogP contribution in [0.5, 0.6) is 0 Å². The normalized spacial score (nSPS) is 16.7. The van der Waals surface area contributed by atoms with Crippen molar-refractivity contribution in [1.29, 1.82) is 0 Å². The van der Waals surface area contributed by atoms with Crippen LogP contribution in [0.15, 0.2) is 29.2 Å². The first-order valence-corrected chi connectivity index (χ1v) is 14.7. The number of carboxylic acid groups (broad SMARTS) is 1. The SMILES string of the molecule is CSCC[C@H](NS(=O)(=O)c1ccc(C)cc1)C(=O)N1CCC(C(=O)N[C@@H](CC(C)C)C(=O)O)CC1. The Labute approximate surface area is 212 Å². The Morgan fingerprint density at radius 3 is 2.23 bits per heavy atom. The minimum Gasteiger partial charge on any atom is -0.480 e. The molecule has 0 aromatic heterocycles. The maximum Gasteiger partial charge on any atom is 0.326 e. The fourth-order valence-electron chi connectivity index (χ4n) is 4.01. The molecule has 2 rings (SSSR count). The zero-order chi connectivity index (χ0) is 26.2. The van der Waals surface area contributed by atoms with Crippen LogP contribution in [0.25, 0.3) is 0 Å². The summed E-state index contributed by atoms with van der Waals surface area (Å²) in [4.78, 5) is 39.0. The Bertz CT molecular complexity index is 973. The van der Waals surface area contributed by atoms with E-state index in [0.717, 1.165) is 5.56 Å². The number of rotatable bonds is 12. The van der Waals surface area contributed by atoms with Gasteiger partial charge in [0.05, 0.1) is 4.90 Å². The van der Waals surface area contributed by atoms with E-state index in [4.69, 9.17) is 0 Å². The van der Waals surface area contributed by atoms with Crippen LogP contribution in [0.3, 0.4) is 0 Å². The van der Waals surface area contributed by atoms with Crippen molar-refractivity contribution in [3.05, 3.63) is 29.8 Å². The van der Waals surface area contributed by atoms with Gasteiger partial charge >= 0.3 is 5.97 Å². The molecule has 1 aromatic rings. The van der Waals surface area contributed by atoms with Crippen LogP contribution in [0.4, 0.5) is 0 Å². The molecule has 3 N–H and O–H groups in total. The molecule has 0 unspecified atom stereocenters. The van der Waals surface area contributed by atoms with Crippen LogP contribution in [-0.2, 0) is 24.4 Å². The number of amides is 2. The molecule has 35 heavy (non-hydrogen) atoms. The highest BCUT2D eigenvalue weighted by molar-refractivity contribution is 7.98. The number of nitrogens with zero attached hydrogens (tertiary/aromatic N) is 1. The maximum atomic E-state index is 13.2. The van der Waals surface area contributed by atoms with Gasteiger partial charge in [-0.1, -0.05) is 31.5 Å². The van der Waals surface area contributed by atoms with Gasteiger partial charge in [-0.3, -0.25) is 9.59 Å². The number of likely N-dealkylation sites (tertiary alicyclic amines) is 1. The summed E-state index contributed by atoms with van der Waals surface area (Å²) >= 11 is 1.53. The van der Waals surface area contributed by atoms with E-state index in [0.29, 0.717) is 44.5 Å². The first-order valence-electron chi connectivity index (χ1n) is 11.8. The van der Waals surface area contributed by atoms with E-state index >= 15 is 0 Å². The average molecular weight is 528 g/mol. The van der Waals surface area contributed by atoms with Gasteiger partial charge < -0.3 is 15.3 Å². The number of hydrogen-bond donors (Lipinski definition) is 3. The molecule has 1 aliphatic rings. The lowest BCUT2D eigenvalue weighted by atomic mass is 9.94. The van der Waals surface area contributed by atoms with Crippen molar-refractivity contribution in [2.45, 2.75) is 63.4 Å². The summed E-state index contributed by atoms with van der Waals surface area (Å²) in [7, 11) is -3.87. The molecule has 1 aromatic carbocycles. The number of thioether (sulfide) groups is 1. The van der Waals surface area contributed by atoms with Gasteiger partial charge in [-0.25, -0.2) is 13.2 Å². The molecule has 0 aliphatic carbocycles. The summed E-state index contributed by atoms with van der Waals surface area (Å²) < 4.78 is 28.4. The highest BCUT2D eigenvalue weighted by atomic mass is 32.2. The fraction of sp³-hybridized carbons (Fsp3) is 0.625. The van der Waals surface area contributed by atoms with Crippen molar-refractivity contribution in [2.24, 2.45) is 11.8 Å². The van der Waals surface area contributed by atoms with Crippen LogP contribution in [-0.4, -0.2) is 73.4 Å². The van der Waals surface area contributed by atoms with Gasteiger partial charge in [0, 0.05) is 19.0 Å². The lowest BCUT2D eigenvalue weighted by molar-refractivity contribution is -0.143. The number of carbonyl (C=O) groups excluding carboxylic acids is 2. The van der Waals surface area contributed by atoms with Gasteiger partial charge in [-0.05, 0) is 62.7 Å². The van der Waals surface area contributed by atoms with Crippen LogP contribution >= 0.6 is 11.8 Å². The van der Waals surface area contributed by atoms with Crippen molar-refractivity contribution in [3.63, 3.8) is 0 Å². The molecule has 196 valence electrons. The van der Waals surface area contributed by atoms with E-state index < -0.39 is 28.1 Å². The second kappa shape index (κ2) is 13.3. The van der Waals surface area contributed by atoms with E-state index in [9.17, 15) is 27.9 Å². The molecule has 9 nitrogen and oxygen atoms in total. The van der Waals surface area contributed by atoms with Crippen LogP contribution in [0, 0.1) is 18.8 Å². The number of aliphatic carboxylic acids is 1. The number of piperidine rings is 1. The van der Waals surface area contributed by atoms with Crippen molar-refractivity contribution >= 4 is 39.6 Å². The van der Waals surface area contributed by atoms with E-state index in [1.54, 1.807) is 17.0 Å². The van der Waals surface area contributed by atoms with Gasteiger partial charge in [0.15, 0.2) is 0 Å². The Morgan fingerprint density at radius 1 is 1.11 bits per heavy atom. The van der Waals surface area contributed by atoms with E-state index in [1.807, 2.05) is 27.0 Å². The minimum absolute atomic E-state index is 0.106. The number of aryl methyl sites for hydroxylation is 1. The maximum absolute atomic E-state index is 13.2. The molecule has 1 aliphatic heterocycles. The van der Waals surface area contributed by atoms with E-state index in [1.165, 1.54) is 23.9 Å². The molecular weight excluding hydrogens is 490 g/mol. The third-order valence-electron chi connectivity index (χ3n) is 6.04. The fourth-order valence-corrected chi connectivity index (χ4v) is 5.70. The number of benzene rings is 1. The van der Waals surface area contributed by atoms with E-state index in [-0.39, 0.29) is 28.5 Å². The standard InChI is InChI=1S/C24H37N3O6S2/c1-16(2)15-21(24(30)31)25-22(28)18-9-12-27(13-10-18)23(29)20(11-14-34-4)26-35(32,33)19-7-5-17(3)6-8-19/h5-8,16,18,20-21,26H,9-15H2,1-4H3,(H,25,28)(H,30,31)/t20-,21-/m0/s1. The summed E-state index contributed by atoms with van der Waals surface area (Å²) in [5, 5.41) is 12.0. The third-order valence-corrected chi connectivity index (χ3v) is 8.17. The second-order valence-electron chi connectivity index (χ2n) is 9.40. The van der Waals surface area contributed by atoms with Crippen LogP contribution < -0.4 is 10.0 Å². The molecule has 0 spiro atoms. The predicted octanol–water partition coefficient (Wildman–Crippen LogP) is 2.25. The molecule has 1 fully saturated rings. The molecule has 2 atom stereocenters. The van der Waals surface area contributed by atoms with Crippen molar-refractivity contribution in [3.8, 4) is 0 Å². The van der Waals surface area contributed by atoms with Crippen molar-refractivity contribution in [1.82, 2.24) is 14.9 Å². The summed E-state index contributed by atoms with van der Waals surface area (Å²) in [6.07, 6.45) is 3.37. The lowest BCUT2D eigenvalue weighted by Crippen LogP contribution is -2.52. The third kappa shape index (κ3) is 8.80. The zero-order valence-corrected chi connectivity index (χ0v) is 22.5. The van der Waals surface area contributed by atoms with Gasteiger partial charge in [0.1, 0.15) is 12.1 Å². The first-order chi connectivity index (χ1) is 16.4. The Hall–Kier alpha value is -2.11. The molecule has 0 saturated carbocycles. The second-order valence-corrected chi connectivity index (χ2v) is 12.1. The summed E-state index contributed by atoms with van der Waals surface area (Å²) in [5.74, 6) is -1.34. The molecule has 11 heteroatoms. The van der Waals surface area contributed by atoms with Gasteiger partial charge in [-0.15, -0.1) is 0 Å². The Morgan fingerprint density at radius 2 is 1.71 bits per heavy atom. The molecule has 2 amide bonds. The zero-order valence-electron chi connectivity index (χ0n) is 20.8. The lowest BCUT2D eigenvalue weighted by Gasteiger charge is -2.34. The average Bonchev–Trinajstić information content (AvgIpc) is 2.80. The highest BCUT2D eigenvalue weighted by Gasteiger charge is 2.34. The molecular formula is C24H37N3O6S2. The monoisotopic (exact) mass is 527 g/mol. The van der Waals surface area contributed by atoms with Crippen LogP contribution in [0.2, 0.25) is 0 Å². The largest absolute Gasteiger partial charge is 0.480 e. The molecule has 1 heterocycles.